The van der Waals surface area contributed by atoms with Gasteiger partial charge in [0.15, 0.2) is 0 Å². The number of benzene rings is 1. The van der Waals surface area contributed by atoms with Gasteiger partial charge in [-0.1, -0.05) is 33.3 Å². The lowest BCUT2D eigenvalue weighted by molar-refractivity contribution is -0.142. The Kier molecular flexibility index (Phi) is 21.0. The smallest absolute Gasteiger partial charge is 0.326 e. The van der Waals surface area contributed by atoms with E-state index in [0.29, 0.717) is 25.9 Å². The molecule has 0 aliphatic carbocycles. The SMILES string of the molecule is COc1cc(NC(C)CCCNC(=O)CC[C@@H](NC(=O)[C@@H](N)CCCCN)C(=O)O)c2nc(C(C)(C)C)ccc2c1.Cl.Cl.Cl. The number of aliphatic carboxylic acids is 1. The number of carboxylic acid groups (broad SMARTS) is 1. The van der Waals surface area contributed by atoms with Crippen LogP contribution in [0, 0.1) is 0 Å². The van der Waals surface area contributed by atoms with E-state index < -0.39 is 24.0 Å². The van der Waals surface area contributed by atoms with Gasteiger partial charge in [0, 0.05) is 41.6 Å². The molecule has 2 rings (SSSR count). The third-order valence-electron chi connectivity index (χ3n) is 6.89. The van der Waals surface area contributed by atoms with Gasteiger partial charge < -0.3 is 37.3 Å². The highest BCUT2D eigenvalue weighted by atomic mass is 35.5. The molecule has 14 heteroatoms. The van der Waals surface area contributed by atoms with Crippen molar-refractivity contribution in [1.29, 1.82) is 0 Å². The normalized spacial score (nSPS) is 12.8. The van der Waals surface area contributed by atoms with Crippen LogP contribution >= 0.6 is 37.2 Å². The number of nitrogens with one attached hydrogen (secondary N) is 3. The van der Waals surface area contributed by atoms with E-state index in [4.69, 9.17) is 21.2 Å². The summed E-state index contributed by atoms with van der Waals surface area (Å²) in [6.45, 7) is 9.43. The minimum absolute atomic E-state index is 0. The molecule has 0 aliphatic rings. The molecule has 2 aromatic rings. The van der Waals surface area contributed by atoms with Crippen molar-refractivity contribution in [2.45, 2.75) is 96.2 Å². The van der Waals surface area contributed by atoms with Gasteiger partial charge in [0.25, 0.3) is 0 Å². The maximum Gasteiger partial charge on any atom is 0.326 e. The van der Waals surface area contributed by atoms with Crippen LogP contribution < -0.4 is 32.2 Å². The lowest BCUT2D eigenvalue weighted by Crippen LogP contribution is -2.48. The fraction of sp³-hybridized carbons (Fsp3) is 0.600. The Hall–Kier alpha value is -2.57. The lowest BCUT2D eigenvalue weighted by Gasteiger charge is -2.21. The number of aromatic nitrogens is 1. The summed E-state index contributed by atoms with van der Waals surface area (Å²) in [5.41, 5.74) is 14.0. The largest absolute Gasteiger partial charge is 0.497 e. The Labute approximate surface area is 279 Å². The first-order valence-corrected chi connectivity index (χ1v) is 14.4. The third kappa shape index (κ3) is 14.5. The molecule has 0 fully saturated rings. The van der Waals surface area contributed by atoms with Gasteiger partial charge >= 0.3 is 5.97 Å². The van der Waals surface area contributed by atoms with Crippen LogP contribution in [0.15, 0.2) is 24.3 Å². The number of rotatable bonds is 17. The molecule has 0 radical (unpaired) electrons. The number of hydrogen-bond donors (Lipinski definition) is 6. The molecule has 3 atom stereocenters. The van der Waals surface area contributed by atoms with E-state index in [1.54, 1.807) is 7.11 Å². The van der Waals surface area contributed by atoms with E-state index in [0.717, 1.165) is 47.3 Å². The van der Waals surface area contributed by atoms with Gasteiger partial charge in [-0.3, -0.25) is 14.6 Å². The number of carbonyl (C=O) groups is 3. The quantitative estimate of drug-likeness (QED) is 0.133. The van der Waals surface area contributed by atoms with E-state index in [2.05, 4.69) is 49.7 Å². The standard InChI is InChI=1S/C30H48N6O5.3ClH/c1-19(34-24-18-21(41-5)17-20-11-13-25(30(2,3)4)36-27(20)24)9-8-16-33-26(37)14-12-23(29(39)40)35-28(38)22(32)10-6-7-15-31;;;/h11,13,17-19,22-23,34H,6-10,12,14-16,31-32H2,1-5H3,(H,33,37)(H,35,38)(H,39,40);3*1H/t19?,22-,23+;;;/m0.../s1. The summed E-state index contributed by atoms with van der Waals surface area (Å²) in [4.78, 5) is 41.1. The van der Waals surface area contributed by atoms with Gasteiger partial charge in [0.05, 0.1) is 24.4 Å². The summed E-state index contributed by atoms with van der Waals surface area (Å²) in [5, 5.41) is 19.3. The molecule has 1 unspecified atom stereocenters. The van der Waals surface area contributed by atoms with Crippen LogP contribution in [0.3, 0.4) is 0 Å². The van der Waals surface area contributed by atoms with E-state index in [1.807, 2.05) is 18.2 Å². The topological polar surface area (TPSA) is 182 Å². The van der Waals surface area contributed by atoms with Gasteiger partial charge in [0.1, 0.15) is 11.8 Å². The Morgan fingerprint density at radius 2 is 1.70 bits per heavy atom. The van der Waals surface area contributed by atoms with Crippen molar-refractivity contribution in [3.05, 3.63) is 30.0 Å². The van der Waals surface area contributed by atoms with Gasteiger partial charge in [0.2, 0.25) is 11.8 Å². The number of nitrogens with two attached hydrogens (primary N) is 2. The number of ether oxygens (including phenoxy) is 1. The summed E-state index contributed by atoms with van der Waals surface area (Å²) in [7, 11) is 1.64. The third-order valence-corrected chi connectivity index (χ3v) is 6.89. The summed E-state index contributed by atoms with van der Waals surface area (Å²) in [5.74, 6) is -1.26. The van der Waals surface area contributed by atoms with Crippen LogP contribution in [0.1, 0.15) is 78.3 Å². The van der Waals surface area contributed by atoms with Crippen molar-refractivity contribution in [2.24, 2.45) is 11.5 Å². The molecule has 8 N–H and O–H groups in total. The molecular weight excluding hydrogens is 631 g/mol. The Bertz CT molecular complexity index is 1180. The van der Waals surface area contributed by atoms with Crippen LogP contribution in [-0.4, -0.2) is 66.2 Å². The molecule has 0 saturated carbocycles. The monoisotopic (exact) mass is 680 g/mol. The number of anilines is 1. The molecule has 11 nitrogen and oxygen atoms in total. The van der Waals surface area contributed by atoms with Crippen LogP contribution in [0.5, 0.6) is 5.75 Å². The van der Waals surface area contributed by atoms with Gasteiger partial charge in [-0.25, -0.2) is 4.79 Å². The van der Waals surface area contributed by atoms with Crippen LogP contribution in [0.2, 0.25) is 0 Å². The fourth-order valence-electron chi connectivity index (χ4n) is 4.37. The Morgan fingerprint density at radius 3 is 2.30 bits per heavy atom. The molecule has 252 valence electrons. The first kappa shape index (κ1) is 43.6. The van der Waals surface area contributed by atoms with Crippen molar-refractivity contribution in [2.75, 3.05) is 25.5 Å². The summed E-state index contributed by atoms with van der Waals surface area (Å²) in [6.07, 6.45) is 3.31. The number of halogens is 3. The first-order chi connectivity index (χ1) is 19.3. The number of amides is 2. The number of pyridine rings is 1. The summed E-state index contributed by atoms with van der Waals surface area (Å²) in [6, 6.07) is 6.15. The minimum atomic E-state index is -1.20. The van der Waals surface area contributed by atoms with E-state index in [-0.39, 0.29) is 67.4 Å². The highest BCUT2D eigenvalue weighted by Crippen LogP contribution is 2.31. The number of carboxylic acids is 1. The van der Waals surface area contributed by atoms with Gasteiger partial charge in [-0.15, -0.1) is 37.2 Å². The second-order valence-corrected chi connectivity index (χ2v) is 11.6. The number of carbonyl (C=O) groups excluding carboxylic acids is 2. The molecule has 0 bridgehead atoms. The van der Waals surface area contributed by atoms with E-state index in [9.17, 15) is 19.5 Å². The highest BCUT2D eigenvalue weighted by Gasteiger charge is 2.24. The average Bonchev–Trinajstić information content (AvgIpc) is 2.92. The maximum absolute atomic E-state index is 12.3. The minimum Gasteiger partial charge on any atom is -0.497 e. The zero-order valence-corrected chi connectivity index (χ0v) is 28.8. The molecule has 44 heavy (non-hydrogen) atoms. The predicted octanol–water partition coefficient (Wildman–Crippen LogP) is 4.31. The van der Waals surface area contributed by atoms with Crippen LogP contribution in [-0.2, 0) is 19.8 Å². The van der Waals surface area contributed by atoms with E-state index in [1.165, 1.54) is 0 Å². The molecular formula is C30H51Cl3N6O5. The number of fused-ring (bicyclic) bond motifs is 1. The second kappa shape index (κ2) is 21.2. The van der Waals surface area contributed by atoms with Crippen LogP contribution in [0.25, 0.3) is 10.9 Å². The predicted molar refractivity (Wildman–Crippen MR) is 184 cm³/mol. The van der Waals surface area contributed by atoms with Crippen molar-refractivity contribution < 1.29 is 24.2 Å². The fourth-order valence-corrected chi connectivity index (χ4v) is 4.37. The second-order valence-electron chi connectivity index (χ2n) is 11.6. The van der Waals surface area contributed by atoms with Gasteiger partial charge in [-0.2, -0.15) is 0 Å². The molecule has 0 spiro atoms. The van der Waals surface area contributed by atoms with Crippen molar-refractivity contribution in [3.8, 4) is 5.75 Å². The molecule has 1 aromatic heterocycles. The summed E-state index contributed by atoms with van der Waals surface area (Å²) >= 11 is 0. The van der Waals surface area contributed by atoms with Crippen LogP contribution in [0.4, 0.5) is 5.69 Å². The lowest BCUT2D eigenvalue weighted by atomic mass is 9.91. The zero-order valence-electron chi connectivity index (χ0n) is 26.3. The number of hydrogen-bond acceptors (Lipinski definition) is 8. The number of methoxy groups -OCH3 is 1. The number of unbranched alkanes of at least 4 members (excludes halogenated alkanes) is 1. The Morgan fingerprint density at radius 1 is 1.02 bits per heavy atom. The molecule has 0 aliphatic heterocycles. The molecule has 0 saturated heterocycles. The van der Waals surface area contributed by atoms with Crippen molar-refractivity contribution >= 4 is 71.6 Å². The first-order valence-electron chi connectivity index (χ1n) is 14.4. The molecule has 1 aromatic carbocycles. The van der Waals surface area contributed by atoms with Crippen molar-refractivity contribution in [1.82, 2.24) is 15.6 Å². The maximum atomic E-state index is 12.3. The van der Waals surface area contributed by atoms with E-state index >= 15 is 0 Å². The highest BCUT2D eigenvalue weighted by molar-refractivity contribution is 5.92. The average molecular weight is 682 g/mol. The molecule has 1 heterocycles. The Balaban J connectivity index is 0. The summed E-state index contributed by atoms with van der Waals surface area (Å²) < 4.78 is 5.49. The van der Waals surface area contributed by atoms with Gasteiger partial charge in [-0.05, 0) is 57.7 Å². The zero-order chi connectivity index (χ0) is 30.6. The molecule has 2 amide bonds. The van der Waals surface area contributed by atoms with Crippen molar-refractivity contribution in [3.63, 3.8) is 0 Å². The number of nitrogens with zero attached hydrogens (tertiary/aromatic N) is 1.